The Morgan fingerprint density at radius 1 is 1.35 bits per heavy atom. The van der Waals surface area contributed by atoms with Gasteiger partial charge in [-0.2, -0.15) is 4.98 Å². The standard InChI is InChI=1S/C15H20N4O/c1-2-15-17-14(18-20-15)11-19-9-8-16-13(10-19)12-6-4-3-5-7-12/h3-7,13,16H,2,8-11H2,1H3/t13-/m1/s1. The van der Waals surface area contributed by atoms with Crippen LogP contribution in [0.25, 0.3) is 0 Å². The van der Waals surface area contributed by atoms with E-state index in [1.54, 1.807) is 0 Å². The number of benzene rings is 1. The third-order valence-corrected chi connectivity index (χ3v) is 3.64. The summed E-state index contributed by atoms with van der Waals surface area (Å²) in [5.74, 6) is 1.50. The quantitative estimate of drug-likeness (QED) is 0.919. The number of aromatic nitrogens is 2. The van der Waals surface area contributed by atoms with E-state index in [0.717, 1.165) is 44.3 Å². The molecule has 1 fully saturated rings. The fourth-order valence-corrected chi connectivity index (χ4v) is 2.56. The zero-order valence-corrected chi connectivity index (χ0v) is 11.7. The summed E-state index contributed by atoms with van der Waals surface area (Å²) in [4.78, 5) is 6.75. The van der Waals surface area contributed by atoms with Crippen molar-refractivity contribution in [2.75, 3.05) is 19.6 Å². The van der Waals surface area contributed by atoms with Gasteiger partial charge in [-0.15, -0.1) is 0 Å². The molecule has 2 heterocycles. The van der Waals surface area contributed by atoms with E-state index in [9.17, 15) is 0 Å². The monoisotopic (exact) mass is 272 g/mol. The summed E-state index contributed by atoms with van der Waals surface area (Å²) >= 11 is 0. The molecule has 1 atom stereocenters. The molecule has 106 valence electrons. The molecule has 0 amide bonds. The fraction of sp³-hybridized carbons (Fsp3) is 0.467. The van der Waals surface area contributed by atoms with Crippen molar-refractivity contribution in [1.29, 1.82) is 0 Å². The van der Waals surface area contributed by atoms with Gasteiger partial charge in [0.15, 0.2) is 5.82 Å². The lowest BCUT2D eigenvalue weighted by Gasteiger charge is -2.33. The van der Waals surface area contributed by atoms with Crippen molar-refractivity contribution in [3.63, 3.8) is 0 Å². The predicted molar refractivity (Wildman–Crippen MR) is 76.1 cm³/mol. The Labute approximate surface area is 119 Å². The van der Waals surface area contributed by atoms with Crippen LogP contribution in [0.3, 0.4) is 0 Å². The maximum absolute atomic E-state index is 5.16. The van der Waals surface area contributed by atoms with Crippen LogP contribution in [-0.2, 0) is 13.0 Å². The molecule has 0 aliphatic carbocycles. The molecule has 3 rings (SSSR count). The first-order valence-electron chi connectivity index (χ1n) is 7.17. The molecule has 1 N–H and O–H groups in total. The average Bonchev–Trinajstić information content (AvgIpc) is 2.96. The maximum atomic E-state index is 5.16. The minimum Gasteiger partial charge on any atom is -0.339 e. The second-order valence-corrected chi connectivity index (χ2v) is 5.11. The van der Waals surface area contributed by atoms with Crippen molar-refractivity contribution >= 4 is 0 Å². The molecule has 5 nitrogen and oxygen atoms in total. The topological polar surface area (TPSA) is 54.2 Å². The minimum absolute atomic E-state index is 0.377. The van der Waals surface area contributed by atoms with Crippen LogP contribution in [0.4, 0.5) is 0 Å². The van der Waals surface area contributed by atoms with Crippen molar-refractivity contribution in [3.05, 3.63) is 47.6 Å². The Hall–Kier alpha value is -1.72. The molecule has 20 heavy (non-hydrogen) atoms. The van der Waals surface area contributed by atoms with Gasteiger partial charge in [0.2, 0.25) is 5.89 Å². The van der Waals surface area contributed by atoms with E-state index in [0.29, 0.717) is 6.04 Å². The number of rotatable bonds is 4. The van der Waals surface area contributed by atoms with E-state index in [1.807, 2.05) is 6.92 Å². The molecule has 0 bridgehead atoms. The van der Waals surface area contributed by atoms with Crippen LogP contribution in [-0.4, -0.2) is 34.7 Å². The van der Waals surface area contributed by atoms with Crippen molar-refractivity contribution in [2.24, 2.45) is 0 Å². The number of hydrogen-bond acceptors (Lipinski definition) is 5. The Morgan fingerprint density at radius 2 is 2.20 bits per heavy atom. The molecule has 2 aromatic rings. The van der Waals surface area contributed by atoms with Gasteiger partial charge in [0.25, 0.3) is 0 Å². The van der Waals surface area contributed by atoms with E-state index in [2.05, 4.69) is 50.7 Å². The summed E-state index contributed by atoms with van der Waals surface area (Å²) in [5.41, 5.74) is 1.33. The lowest BCUT2D eigenvalue weighted by atomic mass is 10.0. The average molecular weight is 272 g/mol. The molecular weight excluding hydrogens is 252 g/mol. The first-order valence-corrected chi connectivity index (χ1v) is 7.17. The molecule has 1 aliphatic heterocycles. The van der Waals surface area contributed by atoms with E-state index in [1.165, 1.54) is 5.56 Å². The fourth-order valence-electron chi connectivity index (χ4n) is 2.56. The summed E-state index contributed by atoms with van der Waals surface area (Å²) in [6, 6.07) is 10.9. The van der Waals surface area contributed by atoms with Gasteiger partial charge in [-0.05, 0) is 5.56 Å². The number of hydrogen-bond donors (Lipinski definition) is 1. The van der Waals surface area contributed by atoms with Crippen LogP contribution in [0.2, 0.25) is 0 Å². The molecule has 5 heteroatoms. The Balaban J connectivity index is 1.63. The normalized spacial score (nSPS) is 20.1. The van der Waals surface area contributed by atoms with Gasteiger partial charge in [0.1, 0.15) is 0 Å². The first kappa shape index (κ1) is 13.3. The van der Waals surface area contributed by atoms with E-state index in [4.69, 9.17) is 4.52 Å². The third-order valence-electron chi connectivity index (χ3n) is 3.64. The van der Waals surface area contributed by atoms with Gasteiger partial charge < -0.3 is 9.84 Å². The van der Waals surface area contributed by atoms with Crippen LogP contribution in [0.1, 0.15) is 30.2 Å². The van der Waals surface area contributed by atoms with Crippen molar-refractivity contribution in [1.82, 2.24) is 20.4 Å². The zero-order valence-electron chi connectivity index (χ0n) is 11.7. The van der Waals surface area contributed by atoms with Gasteiger partial charge in [0, 0.05) is 32.1 Å². The number of piperazine rings is 1. The predicted octanol–water partition coefficient (Wildman–Crippen LogP) is 1.78. The summed E-state index contributed by atoms with van der Waals surface area (Å²) < 4.78 is 5.16. The van der Waals surface area contributed by atoms with Gasteiger partial charge >= 0.3 is 0 Å². The Kier molecular flexibility index (Phi) is 4.08. The van der Waals surface area contributed by atoms with Crippen LogP contribution in [0, 0.1) is 0 Å². The second-order valence-electron chi connectivity index (χ2n) is 5.11. The van der Waals surface area contributed by atoms with Crippen molar-refractivity contribution in [2.45, 2.75) is 25.9 Å². The second kappa shape index (κ2) is 6.15. The molecule has 0 radical (unpaired) electrons. The molecule has 0 saturated carbocycles. The molecule has 0 unspecified atom stereocenters. The number of aryl methyl sites for hydroxylation is 1. The van der Waals surface area contributed by atoms with Gasteiger partial charge in [-0.3, -0.25) is 4.90 Å². The molecule has 1 aliphatic rings. The molecule has 1 aromatic heterocycles. The van der Waals surface area contributed by atoms with Gasteiger partial charge in [-0.25, -0.2) is 0 Å². The van der Waals surface area contributed by atoms with Crippen LogP contribution >= 0.6 is 0 Å². The highest BCUT2D eigenvalue weighted by Crippen LogP contribution is 2.17. The SMILES string of the molecule is CCc1nc(CN2CCN[C@@H](c3ccccc3)C2)no1. The summed E-state index contributed by atoms with van der Waals surface area (Å²) in [5, 5.41) is 7.59. The molecule has 1 saturated heterocycles. The Morgan fingerprint density at radius 3 is 2.95 bits per heavy atom. The first-order chi connectivity index (χ1) is 9.85. The third kappa shape index (κ3) is 3.05. The van der Waals surface area contributed by atoms with E-state index >= 15 is 0 Å². The van der Waals surface area contributed by atoms with Crippen LogP contribution in [0.5, 0.6) is 0 Å². The highest BCUT2D eigenvalue weighted by molar-refractivity contribution is 5.19. The largest absolute Gasteiger partial charge is 0.339 e. The smallest absolute Gasteiger partial charge is 0.226 e. The minimum atomic E-state index is 0.377. The van der Waals surface area contributed by atoms with E-state index < -0.39 is 0 Å². The van der Waals surface area contributed by atoms with Crippen LogP contribution in [0.15, 0.2) is 34.9 Å². The van der Waals surface area contributed by atoms with Gasteiger partial charge in [-0.1, -0.05) is 42.4 Å². The van der Waals surface area contributed by atoms with Crippen molar-refractivity contribution in [3.8, 4) is 0 Å². The number of nitrogens with one attached hydrogen (secondary N) is 1. The van der Waals surface area contributed by atoms with Crippen LogP contribution < -0.4 is 5.32 Å². The maximum Gasteiger partial charge on any atom is 0.226 e. The van der Waals surface area contributed by atoms with E-state index in [-0.39, 0.29) is 0 Å². The highest BCUT2D eigenvalue weighted by atomic mass is 16.5. The lowest BCUT2D eigenvalue weighted by Crippen LogP contribution is -2.45. The molecule has 0 spiro atoms. The van der Waals surface area contributed by atoms with Crippen molar-refractivity contribution < 1.29 is 4.52 Å². The summed E-state index contributed by atoms with van der Waals surface area (Å²) in [7, 11) is 0. The lowest BCUT2D eigenvalue weighted by molar-refractivity contribution is 0.187. The highest BCUT2D eigenvalue weighted by Gasteiger charge is 2.21. The van der Waals surface area contributed by atoms with Gasteiger partial charge in [0.05, 0.1) is 6.54 Å². The number of nitrogens with zero attached hydrogens (tertiary/aromatic N) is 3. The Bertz CT molecular complexity index is 540. The molecular formula is C15H20N4O. The zero-order chi connectivity index (χ0) is 13.8. The molecule has 1 aromatic carbocycles. The summed E-state index contributed by atoms with van der Waals surface area (Å²) in [6.07, 6.45) is 0.793. The summed E-state index contributed by atoms with van der Waals surface area (Å²) in [6.45, 7) is 5.75.